The number of hydrogen-bond donors (Lipinski definition) is 1. The molecule has 1 aliphatic rings. The summed E-state index contributed by atoms with van der Waals surface area (Å²) in [6.45, 7) is 1.11. The van der Waals surface area contributed by atoms with Crippen molar-refractivity contribution in [2.45, 2.75) is 17.7 Å². The van der Waals surface area contributed by atoms with Gasteiger partial charge in [-0.1, -0.05) is 0 Å². The van der Waals surface area contributed by atoms with Crippen molar-refractivity contribution in [1.82, 2.24) is 4.31 Å². The number of ether oxygens (including phenoxy) is 2. The fourth-order valence-corrected chi connectivity index (χ4v) is 4.45. The number of hydrogen-bond acceptors (Lipinski definition) is 5. The Balaban J connectivity index is 1.76. The molecule has 1 saturated heterocycles. The molecule has 1 N–H and O–H groups in total. The van der Waals surface area contributed by atoms with Gasteiger partial charge < -0.3 is 14.8 Å². The van der Waals surface area contributed by atoms with Gasteiger partial charge in [-0.05, 0) is 49.2 Å². The molecule has 0 aliphatic carbocycles. The minimum Gasteiger partial charge on any atom is -0.497 e. The van der Waals surface area contributed by atoms with E-state index in [4.69, 9.17) is 9.47 Å². The normalized spacial score (nSPS) is 14.7. The maximum atomic E-state index is 12.5. The second-order valence-corrected chi connectivity index (χ2v) is 8.13. The van der Waals surface area contributed by atoms with Crippen LogP contribution in [0.25, 0.3) is 0 Å². The minimum atomic E-state index is -3.47. The van der Waals surface area contributed by atoms with Crippen LogP contribution in [0.5, 0.6) is 11.5 Å². The highest BCUT2D eigenvalue weighted by molar-refractivity contribution is 7.89. The quantitative estimate of drug-likeness (QED) is 0.820. The number of benzene rings is 2. The number of amides is 1. The van der Waals surface area contributed by atoms with Gasteiger partial charge in [-0.2, -0.15) is 4.31 Å². The van der Waals surface area contributed by atoms with Crippen molar-refractivity contribution in [3.8, 4) is 11.5 Å². The SMILES string of the molecule is COc1cc(OC)cc(C(=O)Nc2ccc(S(=O)(=O)N3CCCC3)cc2)c1. The third-order valence-corrected chi connectivity index (χ3v) is 6.34. The average molecular weight is 390 g/mol. The van der Waals surface area contributed by atoms with Crippen LogP contribution in [0.4, 0.5) is 5.69 Å². The average Bonchev–Trinajstić information content (AvgIpc) is 3.23. The third-order valence-electron chi connectivity index (χ3n) is 4.43. The summed E-state index contributed by atoms with van der Waals surface area (Å²) in [6, 6.07) is 11.1. The number of nitrogens with zero attached hydrogens (tertiary/aromatic N) is 1. The highest BCUT2D eigenvalue weighted by Crippen LogP contribution is 2.25. The van der Waals surface area contributed by atoms with Crippen LogP contribution in [0.2, 0.25) is 0 Å². The molecule has 2 aromatic carbocycles. The molecule has 1 amide bonds. The van der Waals surface area contributed by atoms with Gasteiger partial charge >= 0.3 is 0 Å². The number of nitrogens with one attached hydrogen (secondary N) is 1. The van der Waals surface area contributed by atoms with E-state index in [1.54, 1.807) is 30.3 Å². The van der Waals surface area contributed by atoms with Gasteiger partial charge in [0.05, 0.1) is 19.1 Å². The molecule has 144 valence electrons. The lowest BCUT2D eigenvalue weighted by atomic mass is 10.2. The number of anilines is 1. The molecule has 0 radical (unpaired) electrons. The Hall–Kier alpha value is -2.58. The first-order valence-electron chi connectivity index (χ1n) is 8.58. The van der Waals surface area contributed by atoms with E-state index in [-0.39, 0.29) is 10.8 Å². The van der Waals surface area contributed by atoms with E-state index >= 15 is 0 Å². The van der Waals surface area contributed by atoms with Crippen molar-refractivity contribution in [1.29, 1.82) is 0 Å². The zero-order valence-corrected chi connectivity index (χ0v) is 16.1. The summed E-state index contributed by atoms with van der Waals surface area (Å²) < 4.78 is 36.9. The number of sulfonamides is 1. The Kier molecular flexibility index (Phi) is 5.67. The zero-order chi connectivity index (χ0) is 19.4. The molecule has 8 heteroatoms. The standard InChI is InChI=1S/C19H22N2O5S/c1-25-16-11-14(12-17(13-16)26-2)19(22)20-15-5-7-18(8-6-15)27(23,24)21-9-3-4-10-21/h5-8,11-13H,3-4,9-10H2,1-2H3,(H,20,22). The van der Waals surface area contributed by atoms with Gasteiger partial charge in [0.1, 0.15) is 11.5 Å². The van der Waals surface area contributed by atoms with Crippen molar-refractivity contribution in [3.63, 3.8) is 0 Å². The largest absolute Gasteiger partial charge is 0.497 e. The summed E-state index contributed by atoms with van der Waals surface area (Å²) >= 11 is 0. The summed E-state index contributed by atoms with van der Waals surface area (Å²) in [5, 5.41) is 2.75. The van der Waals surface area contributed by atoms with Gasteiger partial charge in [-0.25, -0.2) is 8.42 Å². The second kappa shape index (κ2) is 7.98. The Morgan fingerprint density at radius 1 is 0.963 bits per heavy atom. The monoisotopic (exact) mass is 390 g/mol. The molecule has 27 heavy (non-hydrogen) atoms. The van der Waals surface area contributed by atoms with Crippen LogP contribution < -0.4 is 14.8 Å². The van der Waals surface area contributed by atoms with E-state index in [1.165, 1.54) is 30.7 Å². The van der Waals surface area contributed by atoms with E-state index in [1.807, 2.05) is 0 Å². The van der Waals surface area contributed by atoms with E-state index < -0.39 is 10.0 Å². The van der Waals surface area contributed by atoms with Crippen molar-refractivity contribution < 1.29 is 22.7 Å². The first kappa shape index (κ1) is 19.2. The Morgan fingerprint density at radius 3 is 2.04 bits per heavy atom. The lowest BCUT2D eigenvalue weighted by molar-refractivity contribution is 0.102. The second-order valence-electron chi connectivity index (χ2n) is 6.19. The molecule has 1 aliphatic heterocycles. The van der Waals surface area contributed by atoms with Crippen LogP contribution in [-0.4, -0.2) is 45.9 Å². The molecule has 1 fully saturated rings. The number of carbonyl (C=O) groups is 1. The number of rotatable bonds is 6. The van der Waals surface area contributed by atoms with Crippen molar-refractivity contribution >= 4 is 21.6 Å². The lowest BCUT2D eigenvalue weighted by Gasteiger charge is -2.15. The van der Waals surface area contributed by atoms with Crippen LogP contribution >= 0.6 is 0 Å². The molecule has 7 nitrogen and oxygen atoms in total. The van der Waals surface area contributed by atoms with Crippen molar-refractivity contribution in [2.75, 3.05) is 32.6 Å². The zero-order valence-electron chi connectivity index (χ0n) is 15.3. The van der Waals surface area contributed by atoms with Crippen molar-refractivity contribution in [2.24, 2.45) is 0 Å². The van der Waals surface area contributed by atoms with Crippen LogP contribution in [-0.2, 0) is 10.0 Å². The molecule has 0 bridgehead atoms. The molecule has 0 atom stereocenters. The highest BCUT2D eigenvalue weighted by atomic mass is 32.2. The van der Waals surface area contributed by atoms with Crippen LogP contribution in [0.1, 0.15) is 23.2 Å². The first-order valence-corrected chi connectivity index (χ1v) is 10.0. The lowest BCUT2D eigenvalue weighted by Crippen LogP contribution is -2.27. The Morgan fingerprint density at radius 2 is 1.52 bits per heavy atom. The Bertz CT molecular complexity index is 897. The van der Waals surface area contributed by atoms with Crippen molar-refractivity contribution in [3.05, 3.63) is 48.0 Å². The van der Waals surface area contributed by atoms with E-state index in [0.717, 1.165) is 12.8 Å². The molecule has 1 heterocycles. The van der Waals surface area contributed by atoms with E-state index in [9.17, 15) is 13.2 Å². The van der Waals surface area contributed by atoms with Gasteiger partial charge in [-0.15, -0.1) is 0 Å². The van der Waals surface area contributed by atoms with Gasteiger partial charge in [0.25, 0.3) is 5.91 Å². The number of methoxy groups -OCH3 is 2. The molecule has 3 rings (SSSR count). The van der Waals surface area contributed by atoms with Gasteiger partial charge in [0, 0.05) is 30.4 Å². The molecular weight excluding hydrogens is 368 g/mol. The molecule has 0 saturated carbocycles. The topological polar surface area (TPSA) is 84.9 Å². The predicted molar refractivity (Wildman–Crippen MR) is 102 cm³/mol. The predicted octanol–water partition coefficient (Wildman–Crippen LogP) is 2.74. The number of carbonyl (C=O) groups excluding carboxylic acids is 1. The summed E-state index contributed by atoms with van der Waals surface area (Å²) in [5.41, 5.74) is 0.877. The van der Waals surface area contributed by atoms with Crippen LogP contribution in [0.3, 0.4) is 0 Å². The van der Waals surface area contributed by atoms with E-state index in [0.29, 0.717) is 35.8 Å². The fourth-order valence-electron chi connectivity index (χ4n) is 2.93. The summed E-state index contributed by atoms with van der Waals surface area (Å²) in [5.74, 6) is 0.667. The van der Waals surface area contributed by atoms with Gasteiger partial charge in [-0.3, -0.25) is 4.79 Å². The summed E-state index contributed by atoms with van der Waals surface area (Å²) in [6.07, 6.45) is 1.77. The minimum absolute atomic E-state index is 0.227. The molecule has 2 aromatic rings. The highest BCUT2D eigenvalue weighted by Gasteiger charge is 2.26. The van der Waals surface area contributed by atoms with Gasteiger partial charge in [0.15, 0.2) is 0 Å². The molecule has 0 unspecified atom stereocenters. The van der Waals surface area contributed by atoms with Crippen LogP contribution in [0, 0.1) is 0 Å². The third kappa shape index (κ3) is 4.23. The Labute approximate surface area is 158 Å². The smallest absolute Gasteiger partial charge is 0.255 e. The summed E-state index contributed by atoms with van der Waals surface area (Å²) in [7, 11) is -0.447. The van der Waals surface area contributed by atoms with Gasteiger partial charge in [0.2, 0.25) is 10.0 Å². The first-order chi connectivity index (χ1) is 12.9. The molecular formula is C19H22N2O5S. The van der Waals surface area contributed by atoms with E-state index in [2.05, 4.69) is 5.32 Å². The maximum absolute atomic E-state index is 12.5. The summed E-state index contributed by atoms with van der Waals surface area (Å²) in [4.78, 5) is 12.7. The molecule has 0 spiro atoms. The maximum Gasteiger partial charge on any atom is 0.255 e. The molecule has 0 aromatic heterocycles. The van der Waals surface area contributed by atoms with Crippen LogP contribution in [0.15, 0.2) is 47.4 Å². The fraction of sp³-hybridized carbons (Fsp3) is 0.316.